The molecule has 19 heavy (non-hydrogen) atoms. The van der Waals surface area contributed by atoms with Crippen LogP contribution in [0.1, 0.15) is 38.5 Å². The third-order valence-electron chi connectivity index (χ3n) is 2.97. The highest BCUT2D eigenvalue weighted by atomic mass is 127. The van der Waals surface area contributed by atoms with E-state index in [2.05, 4.69) is 15.0 Å². The Morgan fingerprint density at radius 3 is 2.37 bits per heavy atom. The summed E-state index contributed by atoms with van der Waals surface area (Å²) >= 11 is 0. The lowest BCUT2D eigenvalue weighted by Crippen LogP contribution is -2.40. The second kappa shape index (κ2) is 9.76. The lowest BCUT2D eigenvalue weighted by molar-refractivity contribution is 0.530. The maximum atomic E-state index is 10.8. The first-order valence-corrected chi connectivity index (χ1v) is 8.37. The van der Waals surface area contributed by atoms with Crippen molar-refractivity contribution in [1.29, 1.82) is 0 Å². The summed E-state index contributed by atoms with van der Waals surface area (Å²) in [4.78, 5) is 4.11. The van der Waals surface area contributed by atoms with Crippen molar-refractivity contribution in [3.05, 3.63) is 0 Å². The van der Waals surface area contributed by atoms with E-state index >= 15 is 0 Å². The zero-order chi connectivity index (χ0) is 13.4. The molecule has 1 aliphatic rings. The van der Waals surface area contributed by atoms with E-state index in [4.69, 9.17) is 5.73 Å². The molecule has 0 amide bonds. The monoisotopic (exact) mass is 404 g/mol. The SMILES string of the molecule is CS(=O)(=O)NCCN=C(N)NC1CCCCCC1.I. The highest BCUT2D eigenvalue weighted by Crippen LogP contribution is 2.16. The van der Waals surface area contributed by atoms with Crippen LogP contribution in [0.5, 0.6) is 0 Å². The molecule has 0 aromatic carbocycles. The minimum atomic E-state index is -3.13. The van der Waals surface area contributed by atoms with Crippen molar-refractivity contribution >= 4 is 40.0 Å². The van der Waals surface area contributed by atoms with Crippen LogP contribution in [0.15, 0.2) is 4.99 Å². The smallest absolute Gasteiger partial charge is 0.208 e. The van der Waals surface area contributed by atoms with Crippen LogP contribution in [-0.2, 0) is 10.0 Å². The summed E-state index contributed by atoms with van der Waals surface area (Å²) in [6, 6.07) is 0.416. The summed E-state index contributed by atoms with van der Waals surface area (Å²) < 4.78 is 24.0. The van der Waals surface area contributed by atoms with Crippen LogP contribution in [-0.4, -0.2) is 39.8 Å². The number of hydrogen-bond acceptors (Lipinski definition) is 3. The van der Waals surface area contributed by atoms with Crippen molar-refractivity contribution in [3.8, 4) is 0 Å². The van der Waals surface area contributed by atoms with E-state index < -0.39 is 10.0 Å². The summed E-state index contributed by atoms with van der Waals surface area (Å²) in [5.41, 5.74) is 5.77. The standard InChI is InChI=1S/C11H24N4O2S.HI/c1-18(16,17)14-9-8-13-11(12)15-10-6-4-2-3-5-7-10;/h10,14H,2-9H2,1H3,(H3,12,13,15);1H. The van der Waals surface area contributed by atoms with E-state index in [9.17, 15) is 8.42 Å². The average Bonchev–Trinajstić information content (AvgIpc) is 2.52. The summed E-state index contributed by atoms with van der Waals surface area (Å²) in [7, 11) is -3.13. The Balaban J connectivity index is 0.00000324. The minimum Gasteiger partial charge on any atom is -0.370 e. The van der Waals surface area contributed by atoms with Crippen molar-refractivity contribution in [3.63, 3.8) is 0 Å². The average molecular weight is 404 g/mol. The number of halogens is 1. The molecule has 1 saturated carbocycles. The predicted molar refractivity (Wildman–Crippen MR) is 89.4 cm³/mol. The van der Waals surface area contributed by atoms with Gasteiger partial charge in [-0.05, 0) is 12.8 Å². The van der Waals surface area contributed by atoms with Crippen molar-refractivity contribution in [2.24, 2.45) is 10.7 Å². The molecule has 0 radical (unpaired) electrons. The molecule has 0 heterocycles. The zero-order valence-corrected chi connectivity index (χ0v) is 14.5. The van der Waals surface area contributed by atoms with Crippen LogP contribution < -0.4 is 15.8 Å². The Hall–Kier alpha value is -0.0900. The van der Waals surface area contributed by atoms with Gasteiger partial charge in [-0.1, -0.05) is 25.7 Å². The Kier molecular flexibility index (Phi) is 9.71. The second-order valence-corrected chi connectivity index (χ2v) is 6.60. The number of sulfonamides is 1. The first-order chi connectivity index (χ1) is 8.47. The van der Waals surface area contributed by atoms with Crippen LogP contribution in [0.25, 0.3) is 0 Å². The van der Waals surface area contributed by atoms with Crippen LogP contribution >= 0.6 is 24.0 Å². The van der Waals surface area contributed by atoms with Gasteiger partial charge in [0.25, 0.3) is 0 Å². The highest BCUT2D eigenvalue weighted by molar-refractivity contribution is 14.0. The molecule has 114 valence electrons. The number of hydrogen-bond donors (Lipinski definition) is 3. The molecule has 0 spiro atoms. The molecule has 0 aromatic heterocycles. The van der Waals surface area contributed by atoms with Gasteiger partial charge in [-0.2, -0.15) is 0 Å². The van der Waals surface area contributed by atoms with Gasteiger partial charge in [0.15, 0.2) is 5.96 Å². The lowest BCUT2D eigenvalue weighted by Gasteiger charge is -2.16. The van der Waals surface area contributed by atoms with Gasteiger partial charge in [0, 0.05) is 12.6 Å². The molecule has 0 atom stereocenters. The molecule has 0 aromatic rings. The quantitative estimate of drug-likeness (QED) is 0.208. The fraction of sp³-hybridized carbons (Fsp3) is 0.909. The third-order valence-corrected chi connectivity index (χ3v) is 3.69. The Morgan fingerprint density at radius 1 is 1.26 bits per heavy atom. The van der Waals surface area contributed by atoms with Gasteiger partial charge >= 0.3 is 0 Å². The van der Waals surface area contributed by atoms with Crippen LogP contribution in [0.3, 0.4) is 0 Å². The number of nitrogens with zero attached hydrogens (tertiary/aromatic N) is 1. The molecular formula is C11H25IN4O2S. The number of rotatable bonds is 5. The number of nitrogens with one attached hydrogen (secondary N) is 2. The minimum absolute atomic E-state index is 0. The maximum Gasteiger partial charge on any atom is 0.208 e. The van der Waals surface area contributed by atoms with Crippen molar-refractivity contribution < 1.29 is 8.42 Å². The first kappa shape index (κ1) is 18.9. The van der Waals surface area contributed by atoms with Gasteiger partial charge in [-0.3, -0.25) is 4.99 Å². The van der Waals surface area contributed by atoms with E-state index in [0.29, 0.717) is 18.5 Å². The van der Waals surface area contributed by atoms with E-state index in [1.54, 1.807) is 0 Å². The maximum absolute atomic E-state index is 10.8. The summed E-state index contributed by atoms with van der Waals surface area (Å²) in [5, 5.41) is 3.21. The summed E-state index contributed by atoms with van der Waals surface area (Å²) in [5.74, 6) is 0.414. The second-order valence-electron chi connectivity index (χ2n) is 4.77. The van der Waals surface area contributed by atoms with Crippen LogP contribution in [0.2, 0.25) is 0 Å². The third kappa shape index (κ3) is 10.4. The molecule has 1 rings (SSSR count). The lowest BCUT2D eigenvalue weighted by atomic mass is 10.1. The van der Waals surface area contributed by atoms with Gasteiger partial charge in [0.1, 0.15) is 0 Å². The van der Waals surface area contributed by atoms with E-state index in [-0.39, 0.29) is 30.5 Å². The molecule has 0 unspecified atom stereocenters. The van der Waals surface area contributed by atoms with E-state index in [1.807, 2.05) is 0 Å². The van der Waals surface area contributed by atoms with Gasteiger partial charge in [-0.15, -0.1) is 24.0 Å². The molecule has 0 aliphatic heterocycles. The Labute approximate surface area is 133 Å². The summed E-state index contributed by atoms with van der Waals surface area (Å²) in [6.45, 7) is 0.643. The molecule has 4 N–H and O–H groups in total. The van der Waals surface area contributed by atoms with E-state index in [0.717, 1.165) is 19.1 Å². The highest BCUT2D eigenvalue weighted by Gasteiger charge is 2.12. The van der Waals surface area contributed by atoms with Crippen LogP contribution in [0, 0.1) is 0 Å². The molecule has 1 aliphatic carbocycles. The molecule has 8 heteroatoms. The molecule has 0 bridgehead atoms. The van der Waals surface area contributed by atoms with Crippen molar-refractivity contribution in [2.75, 3.05) is 19.3 Å². The fourth-order valence-corrected chi connectivity index (χ4v) is 2.55. The van der Waals surface area contributed by atoms with Gasteiger partial charge in [-0.25, -0.2) is 13.1 Å². The topological polar surface area (TPSA) is 96.6 Å². The number of aliphatic imine (C=N–C) groups is 1. The van der Waals surface area contributed by atoms with Gasteiger partial charge < -0.3 is 11.1 Å². The summed E-state index contributed by atoms with van der Waals surface area (Å²) in [6.07, 6.45) is 8.47. The fourth-order valence-electron chi connectivity index (χ4n) is 2.09. The molecule has 0 saturated heterocycles. The van der Waals surface area contributed by atoms with Crippen molar-refractivity contribution in [2.45, 2.75) is 44.6 Å². The van der Waals surface area contributed by atoms with E-state index in [1.165, 1.54) is 25.7 Å². The van der Waals surface area contributed by atoms with Gasteiger partial charge in [0.05, 0.1) is 12.8 Å². The Morgan fingerprint density at radius 2 is 1.84 bits per heavy atom. The zero-order valence-electron chi connectivity index (χ0n) is 11.4. The van der Waals surface area contributed by atoms with Crippen LogP contribution in [0.4, 0.5) is 0 Å². The molecule has 6 nitrogen and oxygen atoms in total. The molecule has 1 fully saturated rings. The van der Waals surface area contributed by atoms with Gasteiger partial charge in [0.2, 0.25) is 10.0 Å². The first-order valence-electron chi connectivity index (χ1n) is 6.48. The normalized spacial score (nSPS) is 18.5. The predicted octanol–water partition coefficient (Wildman–Crippen LogP) is 0.781. The number of guanidine groups is 1. The van der Waals surface area contributed by atoms with Crippen molar-refractivity contribution in [1.82, 2.24) is 10.0 Å². The Bertz CT molecular complexity index is 365. The number of nitrogens with two attached hydrogens (primary N) is 1. The largest absolute Gasteiger partial charge is 0.370 e. The molecular weight excluding hydrogens is 379 g/mol.